The zero-order valence-electron chi connectivity index (χ0n) is 11.4. The number of carbonyl (C=O) groups excluding carboxylic acids is 1. The van der Waals surface area contributed by atoms with Crippen molar-refractivity contribution in [1.29, 1.82) is 0 Å². The van der Waals surface area contributed by atoms with Crippen LogP contribution in [0.2, 0.25) is 0 Å². The van der Waals surface area contributed by atoms with Gasteiger partial charge < -0.3 is 15.8 Å². The average Bonchev–Trinajstić information content (AvgIpc) is 2.47. The molecule has 1 amide bonds. The maximum atomic E-state index is 11.4. The summed E-state index contributed by atoms with van der Waals surface area (Å²) in [6.45, 7) is 3.15. The van der Waals surface area contributed by atoms with E-state index >= 15 is 0 Å². The highest BCUT2D eigenvalue weighted by Gasteiger charge is 2.09. The van der Waals surface area contributed by atoms with Crippen LogP contribution in [0.15, 0.2) is 48.5 Å². The number of primary amides is 1. The number of ether oxygens (including phenoxy) is 1. The van der Waals surface area contributed by atoms with Crippen molar-refractivity contribution in [3.63, 3.8) is 0 Å². The molecule has 4 nitrogen and oxygen atoms in total. The van der Waals surface area contributed by atoms with Crippen molar-refractivity contribution >= 4 is 11.6 Å². The maximum Gasteiger partial charge on any atom is 0.250 e. The third kappa shape index (κ3) is 3.51. The second kappa shape index (κ2) is 6.61. The molecule has 20 heavy (non-hydrogen) atoms. The van der Waals surface area contributed by atoms with Crippen molar-refractivity contribution in [2.24, 2.45) is 5.73 Å². The molecule has 0 saturated heterocycles. The van der Waals surface area contributed by atoms with Crippen LogP contribution in [0.4, 0.5) is 5.69 Å². The third-order valence-corrected chi connectivity index (χ3v) is 2.87. The van der Waals surface area contributed by atoms with Gasteiger partial charge in [-0.05, 0) is 30.7 Å². The van der Waals surface area contributed by atoms with Gasteiger partial charge in [0.15, 0.2) is 0 Å². The van der Waals surface area contributed by atoms with Gasteiger partial charge in [-0.15, -0.1) is 0 Å². The van der Waals surface area contributed by atoms with Gasteiger partial charge in [0.2, 0.25) is 0 Å². The first-order chi connectivity index (χ1) is 9.70. The quantitative estimate of drug-likeness (QED) is 0.848. The molecule has 0 bridgehead atoms. The van der Waals surface area contributed by atoms with E-state index in [4.69, 9.17) is 10.5 Å². The van der Waals surface area contributed by atoms with Crippen LogP contribution >= 0.6 is 0 Å². The highest BCUT2D eigenvalue weighted by Crippen LogP contribution is 2.22. The second-order valence-corrected chi connectivity index (χ2v) is 4.38. The highest BCUT2D eigenvalue weighted by molar-refractivity contribution is 5.98. The smallest absolute Gasteiger partial charge is 0.250 e. The summed E-state index contributed by atoms with van der Waals surface area (Å²) in [6.07, 6.45) is 0. The zero-order valence-corrected chi connectivity index (χ0v) is 11.4. The van der Waals surface area contributed by atoms with Gasteiger partial charge in [0, 0.05) is 12.2 Å². The van der Waals surface area contributed by atoms with E-state index in [2.05, 4.69) is 5.32 Å². The molecule has 0 aliphatic carbocycles. The van der Waals surface area contributed by atoms with Crippen molar-refractivity contribution in [3.05, 3.63) is 59.7 Å². The Morgan fingerprint density at radius 3 is 2.60 bits per heavy atom. The standard InChI is InChI=1S/C16H18N2O2/c1-2-18-15-9-8-13(10-14(15)16(17)19)20-11-12-6-4-3-5-7-12/h3-10,18H,2,11H2,1H3,(H2,17,19). The Kier molecular flexibility index (Phi) is 4.60. The molecule has 0 radical (unpaired) electrons. The van der Waals surface area contributed by atoms with Crippen LogP contribution in [0.3, 0.4) is 0 Å². The van der Waals surface area contributed by atoms with Gasteiger partial charge >= 0.3 is 0 Å². The van der Waals surface area contributed by atoms with Crippen molar-refractivity contribution in [2.45, 2.75) is 13.5 Å². The van der Waals surface area contributed by atoms with Gasteiger partial charge in [0.05, 0.1) is 5.56 Å². The molecule has 104 valence electrons. The lowest BCUT2D eigenvalue weighted by Gasteiger charge is -2.11. The first-order valence-corrected chi connectivity index (χ1v) is 6.55. The van der Waals surface area contributed by atoms with E-state index in [1.165, 1.54) is 0 Å². The van der Waals surface area contributed by atoms with Crippen molar-refractivity contribution < 1.29 is 9.53 Å². The number of hydrogen-bond acceptors (Lipinski definition) is 3. The highest BCUT2D eigenvalue weighted by atomic mass is 16.5. The number of nitrogens with two attached hydrogens (primary N) is 1. The SMILES string of the molecule is CCNc1ccc(OCc2ccccc2)cc1C(N)=O. The molecule has 2 rings (SSSR count). The molecule has 4 heteroatoms. The van der Waals surface area contributed by atoms with Gasteiger partial charge in [-0.25, -0.2) is 0 Å². The Bertz CT molecular complexity index is 582. The molecule has 0 atom stereocenters. The average molecular weight is 270 g/mol. The zero-order chi connectivity index (χ0) is 14.4. The molecule has 0 fully saturated rings. The van der Waals surface area contributed by atoms with E-state index in [0.29, 0.717) is 17.9 Å². The summed E-state index contributed by atoms with van der Waals surface area (Å²) in [5, 5.41) is 3.10. The third-order valence-electron chi connectivity index (χ3n) is 2.87. The molecule has 0 heterocycles. The molecule has 0 spiro atoms. The molecule has 2 aromatic carbocycles. The number of nitrogens with one attached hydrogen (secondary N) is 1. The van der Waals surface area contributed by atoms with Crippen LogP contribution in [0.1, 0.15) is 22.8 Å². The van der Waals surface area contributed by atoms with E-state index < -0.39 is 5.91 Å². The molecule has 0 aliphatic rings. The number of anilines is 1. The van der Waals surface area contributed by atoms with E-state index in [9.17, 15) is 4.79 Å². The lowest BCUT2D eigenvalue weighted by Crippen LogP contribution is -2.14. The first kappa shape index (κ1) is 13.9. The minimum atomic E-state index is -0.467. The van der Waals surface area contributed by atoms with Crippen LogP contribution < -0.4 is 15.8 Å². The van der Waals surface area contributed by atoms with Crippen LogP contribution in [0, 0.1) is 0 Å². The summed E-state index contributed by atoms with van der Waals surface area (Å²) in [4.78, 5) is 11.4. The van der Waals surface area contributed by atoms with Gasteiger partial charge in [-0.2, -0.15) is 0 Å². The van der Waals surface area contributed by atoms with Crippen LogP contribution in [-0.4, -0.2) is 12.5 Å². The van der Waals surface area contributed by atoms with Crippen molar-refractivity contribution in [1.82, 2.24) is 0 Å². The molecule has 3 N–H and O–H groups in total. The Hall–Kier alpha value is -2.49. The summed E-state index contributed by atoms with van der Waals surface area (Å²) in [5.41, 5.74) is 7.63. The summed E-state index contributed by atoms with van der Waals surface area (Å²) >= 11 is 0. The number of hydrogen-bond donors (Lipinski definition) is 2. The summed E-state index contributed by atoms with van der Waals surface area (Å²) < 4.78 is 5.68. The van der Waals surface area contributed by atoms with Crippen molar-refractivity contribution in [3.8, 4) is 5.75 Å². The minimum Gasteiger partial charge on any atom is -0.489 e. The van der Waals surface area contributed by atoms with E-state index in [1.807, 2.05) is 49.4 Å². The summed E-state index contributed by atoms with van der Waals surface area (Å²) in [5.74, 6) is 0.162. The van der Waals surface area contributed by atoms with Crippen molar-refractivity contribution in [2.75, 3.05) is 11.9 Å². The van der Waals surface area contributed by atoms with Gasteiger partial charge in [0.25, 0.3) is 5.91 Å². The lowest BCUT2D eigenvalue weighted by molar-refractivity contribution is 0.100. The fourth-order valence-corrected chi connectivity index (χ4v) is 1.90. The van der Waals surface area contributed by atoms with Crippen LogP contribution in [0.25, 0.3) is 0 Å². The Morgan fingerprint density at radius 1 is 1.20 bits per heavy atom. The monoisotopic (exact) mass is 270 g/mol. The fourth-order valence-electron chi connectivity index (χ4n) is 1.90. The molecule has 0 aromatic heterocycles. The van der Waals surface area contributed by atoms with Gasteiger partial charge in [-0.3, -0.25) is 4.79 Å². The fraction of sp³-hybridized carbons (Fsp3) is 0.188. The molecular weight excluding hydrogens is 252 g/mol. The predicted octanol–water partition coefficient (Wildman–Crippen LogP) is 2.80. The van der Waals surface area contributed by atoms with E-state index in [0.717, 1.165) is 17.8 Å². The first-order valence-electron chi connectivity index (χ1n) is 6.55. The maximum absolute atomic E-state index is 11.4. The minimum absolute atomic E-state index is 0.442. The second-order valence-electron chi connectivity index (χ2n) is 4.38. The number of benzene rings is 2. The summed E-state index contributed by atoms with van der Waals surface area (Å²) in [7, 11) is 0. The number of amides is 1. The van der Waals surface area contributed by atoms with E-state index in [-0.39, 0.29) is 0 Å². The van der Waals surface area contributed by atoms with Gasteiger partial charge in [-0.1, -0.05) is 30.3 Å². The Morgan fingerprint density at radius 2 is 1.95 bits per heavy atom. The van der Waals surface area contributed by atoms with Gasteiger partial charge in [0.1, 0.15) is 12.4 Å². The normalized spacial score (nSPS) is 10.1. The summed E-state index contributed by atoms with van der Waals surface area (Å²) in [6, 6.07) is 15.2. The molecule has 0 saturated carbocycles. The number of rotatable bonds is 6. The molecule has 0 aliphatic heterocycles. The Balaban J connectivity index is 2.13. The Labute approximate surface area is 118 Å². The van der Waals surface area contributed by atoms with E-state index in [1.54, 1.807) is 6.07 Å². The topological polar surface area (TPSA) is 64.3 Å². The molecule has 0 unspecified atom stereocenters. The number of carbonyl (C=O) groups is 1. The van der Waals surface area contributed by atoms with Crippen LogP contribution in [0.5, 0.6) is 5.75 Å². The molecule has 2 aromatic rings. The predicted molar refractivity (Wildman–Crippen MR) is 79.9 cm³/mol. The molecular formula is C16H18N2O2. The largest absolute Gasteiger partial charge is 0.489 e. The van der Waals surface area contributed by atoms with Crippen LogP contribution in [-0.2, 0) is 6.61 Å². The lowest BCUT2D eigenvalue weighted by atomic mass is 10.1.